The fourth-order valence-corrected chi connectivity index (χ4v) is 1.03. The fraction of sp³-hybridized carbons (Fsp3) is 0.778. The molecule has 0 aliphatic heterocycles. The van der Waals surface area contributed by atoms with E-state index in [-0.39, 0.29) is 11.9 Å². The number of esters is 1. The standard InChI is InChI=1S/C9H15NO2S/c1-4-7(3)8(10-6-13)9(11)12-5-2/h7-8H,4-5H2,1-3H3/t7-,8-/m0/s1. The highest BCUT2D eigenvalue weighted by Gasteiger charge is 2.23. The number of thiocarbonyl (C=S) groups is 1. The number of hydrogen-bond donors (Lipinski definition) is 0. The number of carbonyl (C=O) groups excluding carboxylic acids is 1. The molecular weight excluding hydrogens is 186 g/mol. The molecule has 0 amide bonds. The maximum absolute atomic E-state index is 11.3. The Morgan fingerprint density at radius 3 is 2.62 bits per heavy atom. The Morgan fingerprint density at radius 1 is 1.62 bits per heavy atom. The molecule has 0 aromatic carbocycles. The number of aliphatic imine (C=N–C) groups is 1. The van der Waals surface area contributed by atoms with E-state index < -0.39 is 6.04 Å². The molecule has 0 saturated carbocycles. The molecule has 0 bridgehead atoms. The zero-order valence-electron chi connectivity index (χ0n) is 8.24. The van der Waals surface area contributed by atoms with Gasteiger partial charge < -0.3 is 4.74 Å². The predicted molar refractivity (Wildman–Crippen MR) is 54.9 cm³/mol. The number of nitrogens with zero attached hydrogens (tertiary/aromatic N) is 1. The normalized spacial score (nSPS) is 14.1. The first-order valence-corrected chi connectivity index (χ1v) is 4.81. The Balaban J connectivity index is 4.40. The second-order valence-corrected chi connectivity index (χ2v) is 2.99. The molecule has 0 heterocycles. The van der Waals surface area contributed by atoms with Crippen LogP contribution in [0, 0.1) is 5.92 Å². The SMILES string of the molecule is CCOC(=O)[C@@H](N=C=S)[C@@H](C)CC. The van der Waals surface area contributed by atoms with Crippen molar-refractivity contribution in [3.05, 3.63) is 0 Å². The Bertz CT molecular complexity index is 212. The molecule has 0 unspecified atom stereocenters. The van der Waals surface area contributed by atoms with Gasteiger partial charge in [-0.1, -0.05) is 20.3 Å². The number of ether oxygens (including phenoxy) is 1. The summed E-state index contributed by atoms with van der Waals surface area (Å²) in [7, 11) is 0. The van der Waals surface area contributed by atoms with Crippen LogP contribution < -0.4 is 0 Å². The molecule has 0 rings (SSSR count). The second kappa shape index (κ2) is 6.75. The zero-order valence-corrected chi connectivity index (χ0v) is 9.06. The van der Waals surface area contributed by atoms with E-state index in [9.17, 15) is 4.79 Å². The van der Waals surface area contributed by atoms with Crippen molar-refractivity contribution in [2.45, 2.75) is 33.2 Å². The molecule has 0 aliphatic rings. The van der Waals surface area contributed by atoms with Gasteiger partial charge in [0.15, 0.2) is 6.04 Å². The summed E-state index contributed by atoms with van der Waals surface area (Å²) in [6.07, 6.45) is 0.865. The second-order valence-electron chi connectivity index (χ2n) is 2.80. The number of rotatable bonds is 5. The van der Waals surface area contributed by atoms with Crippen molar-refractivity contribution in [1.29, 1.82) is 0 Å². The third-order valence-corrected chi connectivity index (χ3v) is 2.01. The highest BCUT2D eigenvalue weighted by atomic mass is 32.1. The van der Waals surface area contributed by atoms with Crippen molar-refractivity contribution in [3.63, 3.8) is 0 Å². The molecule has 0 aliphatic carbocycles. The zero-order chi connectivity index (χ0) is 10.3. The van der Waals surface area contributed by atoms with E-state index in [0.717, 1.165) is 6.42 Å². The lowest BCUT2D eigenvalue weighted by Crippen LogP contribution is -2.27. The van der Waals surface area contributed by atoms with Gasteiger partial charge in [-0.2, -0.15) is 0 Å². The van der Waals surface area contributed by atoms with Crippen LogP contribution in [0.5, 0.6) is 0 Å². The molecule has 0 radical (unpaired) electrons. The molecule has 0 aromatic rings. The van der Waals surface area contributed by atoms with E-state index in [1.807, 2.05) is 13.8 Å². The van der Waals surface area contributed by atoms with Crippen molar-refractivity contribution >= 4 is 23.3 Å². The first kappa shape index (κ1) is 12.3. The van der Waals surface area contributed by atoms with Crippen molar-refractivity contribution < 1.29 is 9.53 Å². The summed E-state index contributed by atoms with van der Waals surface area (Å²) >= 11 is 4.47. The van der Waals surface area contributed by atoms with Gasteiger partial charge in [-0.05, 0) is 25.1 Å². The summed E-state index contributed by atoms with van der Waals surface area (Å²) in [6.45, 7) is 6.08. The minimum atomic E-state index is -0.484. The predicted octanol–water partition coefficient (Wildman–Crippen LogP) is 2.07. The van der Waals surface area contributed by atoms with E-state index in [0.29, 0.717) is 6.61 Å². The average Bonchev–Trinajstić information content (AvgIpc) is 2.13. The summed E-state index contributed by atoms with van der Waals surface area (Å²) < 4.78 is 4.86. The lowest BCUT2D eigenvalue weighted by atomic mass is 10.0. The summed E-state index contributed by atoms with van der Waals surface area (Å²) in [4.78, 5) is 15.1. The maximum Gasteiger partial charge on any atom is 0.331 e. The lowest BCUT2D eigenvalue weighted by molar-refractivity contribution is -0.145. The maximum atomic E-state index is 11.3. The van der Waals surface area contributed by atoms with E-state index in [4.69, 9.17) is 4.74 Å². The van der Waals surface area contributed by atoms with Crippen LogP contribution in [0.1, 0.15) is 27.2 Å². The first-order chi connectivity index (χ1) is 6.17. The van der Waals surface area contributed by atoms with E-state index in [1.54, 1.807) is 6.92 Å². The average molecular weight is 201 g/mol. The third-order valence-electron chi connectivity index (χ3n) is 1.90. The van der Waals surface area contributed by atoms with Gasteiger partial charge in [-0.3, -0.25) is 0 Å². The van der Waals surface area contributed by atoms with Crippen LogP contribution in [0.25, 0.3) is 0 Å². The Labute approximate surface area is 84.2 Å². The van der Waals surface area contributed by atoms with Crippen molar-refractivity contribution in [3.8, 4) is 0 Å². The Hall–Kier alpha value is -0.730. The Morgan fingerprint density at radius 2 is 2.23 bits per heavy atom. The van der Waals surface area contributed by atoms with Crippen LogP contribution in [0.15, 0.2) is 4.99 Å². The molecule has 0 N–H and O–H groups in total. The number of isothiocyanates is 1. The van der Waals surface area contributed by atoms with Gasteiger partial charge in [0, 0.05) is 0 Å². The van der Waals surface area contributed by atoms with Gasteiger partial charge in [0.2, 0.25) is 0 Å². The largest absolute Gasteiger partial charge is 0.464 e. The summed E-state index contributed by atoms with van der Waals surface area (Å²) in [5, 5.41) is 2.23. The van der Waals surface area contributed by atoms with Crippen LogP contribution in [0.3, 0.4) is 0 Å². The smallest absolute Gasteiger partial charge is 0.331 e. The molecule has 3 nitrogen and oxygen atoms in total. The molecule has 0 fully saturated rings. The van der Waals surface area contributed by atoms with Gasteiger partial charge in [0.05, 0.1) is 11.8 Å². The summed E-state index contributed by atoms with van der Waals surface area (Å²) in [5.41, 5.74) is 0. The van der Waals surface area contributed by atoms with Crippen LogP contribution in [0.2, 0.25) is 0 Å². The topological polar surface area (TPSA) is 38.7 Å². The Kier molecular flexibility index (Phi) is 6.37. The van der Waals surface area contributed by atoms with Crippen LogP contribution >= 0.6 is 12.2 Å². The quantitative estimate of drug-likeness (QED) is 0.388. The molecule has 0 saturated heterocycles. The van der Waals surface area contributed by atoms with Crippen LogP contribution in [-0.4, -0.2) is 23.8 Å². The highest BCUT2D eigenvalue weighted by molar-refractivity contribution is 7.78. The van der Waals surface area contributed by atoms with Crippen LogP contribution in [0.4, 0.5) is 0 Å². The highest BCUT2D eigenvalue weighted by Crippen LogP contribution is 2.12. The van der Waals surface area contributed by atoms with Gasteiger partial charge in [0.25, 0.3) is 0 Å². The molecular formula is C9H15NO2S. The van der Waals surface area contributed by atoms with Crippen molar-refractivity contribution in [2.75, 3.05) is 6.61 Å². The van der Waals surface area contributed by atoms with Crippen LogP contribution in [-0.2, 0) is 9.53 Å². The third kappa shape index (κ3) is 4.15. The number of carbonyl (C=O) groups is 1. The monoisotopic (exact) mass is 201 g/mol. The molecule has 13 heavy (non-hydrogen) atoms. The van der Waals surface area contributed by atoms with E-state index in [2.05, 4.69) is 22.4 Å². The molecule has 4 heteroatoms. The molecule has 2 atom stereocenters. The number of hydrogen-bond acceptors (Lipinski definition) is 4. The van der Waals surface area contributed by atoms with Gasteiger partial charge >= 0.3 is 5.97 Å². The van der Waals surface area contributed by atoms with Gasteiger partial charge in [-0.15, -0.1) is 0 Å². The first-order valence-electron chi connectivity index (χ1n) is 4.40. The molecule has 74 valence electrons. The van der Waals surface area contributed by atoms with Crippen molar-refractivity contribution in [2.24, 2.45) is 10.9 Å². The molecule has 0 spiro atoms. The summed E-state index contributed by atoms with van der Waals surface area (Å²) in [6, 6.07) is -0.484. The van der Waals surface area contributed by atoms with E-state index in [1.165, 1.54) is 0 Å². The summed E-state index contributed by atoms with van der Waals surface area (Å²) in [5.74, 6) is -0.163. The van der Waals surface area contributed by atoms with Gasteiger partial charge in [-0.25, -0.2) is 9.79 Å². The fourth-order valence-electron chi connectivity index (χ4n) is 0.920. The van der Waals surface area contributed by atoms with Gasteiger partial charge in [0.1, 0.15) is 0 Å². The molecule has 0 aromatic heterocycles. The van der Waals surface area contributed by atoms with E-state index >= 15 is 0 Å². The minimum absolute atomic E-state index is 0.148. The minimum Gasteiger partial charge on any atom is -0.464 e. The lowest BCUT2D eigenvalue weighted by Gasteiger charge is -2.15. The van der Waals surface area contributed by atoms with Crippen molar-refractivity contribution in [1.82, 2.24) is 0 Å².